The molecule has 0 bridgehead atoms. The zero-order chi connectivity index (χ0) is 16.2. The van der Waals surface area contributed by atoms with Crippen LogP contribution in [0.2, 0.25) is 0 Å². The van der Waals surface area contributed by atoms with E-state index in [0.717, 1.165) is 16.7 Å². The zero-order valence-electron chi connectivity index (χ0n) is 12.7. The SMILES string of the molecule is Cc1ccc(C23c4ccccc4C(=O)N2CCN3C(=O)O)cc1. The van der Waals surface area contributed by atoms with Gasteiger partial charge in [0.15, 0.2) is 5.66 Å². The highest BCUT2D eigenvalue weighted by Crippen LogP contribution is 2.49. The van der Waals surface area contributed by atoms with E-state index in [-0.39, 0.29) is 5.91 Å². The molecule has 0 aliphatic carbocycles. The number of amides is 2. The molecule has 0 aromatic heterocycles. The third kappa shape index (κ3) is 1.62. The van der Waals surface area contributed by atoms with Crippen LogP contribution < -0.4 is 0 Å². The molecule has 1 N–H and O–H groups in total. The van der Waals surface area contributed by atoms with Crippen LogP contribution in [0.5, 0.6) is 0 Å². The fraction of sp³-hybridized carbons (Fsp3) is 0.222. The van der Waals surface area contributed by atoms with Gasteiger partial charge in [-0.3, -0.25) is 9.69 Å². The van der Waals surface area contributed by atoms with Crippen LogP contribution in [0.1, 0.15) is 27.0 Å². The van der Waals surface area contributed by atoms with Gasteiger partial charge in [0.25, 0.3) is 5.91 Å². The molecule has 2 aromatic carbocycles. The summed E-state index contributed by atoms with van der Waals surface area (Å²) in [7, 11) is 0. The van der Waals surface area contributed by atoms with Crippen molar-refractivity contribution in [1.82, 2.24) is 9.80 Å². The van der Waals surface area contributed by atoms with Crippen molar-refractivity contribution in [2.45, 2.75) is 12.6 Å². The minimum absolute atomic E-state index is 0.107. The highest BCUT2D eigenvalue weighted by Gasteiger charge is 2.59. The van der Waals surface area contributed by atoms with Gasteiger partial charge in [0, 0.05) is 29.8 Å². The first-order valence-corrected chi connectivity index (χ1v) is 7.56. The summed E-state index contributed by atoms with van der Waals surface area (Å²) in [4.78, 5) is 27.7. The van der Waals surface area contributed by atoms with Crippen LogP contribution in [-0.4, -0.2) is 40.0 Å². The molecule has 23 heavy (non-hydrogen) atoms. The molecule has 2 heterocycles. The predicted octanol–water partition coefficient (Wildman–Crippen LogP) is 2.65. The number of benzene rings is 2. The molecule has 2 aromatic rings. The van der Waals surface area contributed by atoms with Crippen molar-refractivity contribution in [2.75, 3.05) is 13.1 Å². The minimum atomic E-state index is -1.05. The summed E-state index contributed by atoms with van der Waals surface area (Å²) in [6.45, 7) is 2.69. The summed E-state index contributed by atoms with van der Waals surface area (Å²) < 4.78 is 0. The van der Waals surface area contributed by atoms with Crippen LogP contribution in [-0.2, 0) is 5.66 Å². The Morgan fingerprint density at radius 1 is 1.09 bits per heavy atom. The Morgan fingerprint density at radius 2 is 1.78 bits per heavy atom. The normalized spacial score (nSPS) is 22.2. The lowest BCUT2D eigenvalue weighted by atomic mass is 9.89. The smallest absolute Gasteiger partial charge is 0.409 e. The van der Waals surface area contributed by atoms with Crippen molar-refractivity contribution in [3.05, 3.63) is 70.8 Å². The molecule has 0 spiro atoms. The van der Waals surface area contributed by atoms with Crippen molar-refractivity contribution in [1.29, 1.82) is 0 Å². The van der Waals surface area contributed by atoms with Crippen LogP contribution in [0.15, 0.2) is 48.5 Å². The fourth-order valence-corrected chi connectivity index (χ4v) is 3.81. The summed E-state index contributed by atoms with van der Waals surface area (Å²) in [5, 5.41) is 9.74. The maximum atomic E-state index is 12.8. The van der Waals surface area contributed by atoms with Crippen LogP contribution in [0.4, 0.5) is 4.79 Å². The second-order valence-corrected chi connectivity index (χ2v) is 5.97. The molecule has 4 rings (SSSR count). The van der Waals surface area contributed by atoms with E-state index >= 15 is 0 Å². The summed E-state index contributed by atoms with van der Waals surface area (Å²) in [5.41, 5.74) is 2.18. The predicted molar refractivity (Wildman–Crippen MR) is 84.2 cm³/mol. The standard InChI is InChI=1S/C18H16N2O3/c1-12-6-8-13(9-7-12)18-15-5-3-2-4-14(15)16(21)19(18)10-11-20(18)17(22)23/h2-9H,10-11H2,1H3,(H,22,23). The molecule has 2 aliphatic rings. The molecule has 116 valence electrons. The summed E-state index contributed by atoms with van der Waals surface area (Å²) in [5.74, 6) is -0.107. The quantitative estimate of drug-likeness (QED) is 0.881. The average Bonchev–Trinajstić information content (AvgIpc) is 3.05. The number of rotatable bonds is 1. The van der Waals surface area contributed by atoms with Crippen molar-refractivity contribution < 1.29 is 14.7 Å². The summed E-state index contributed by atoms with van der Waals surface area (Å²) in [6.07, 6.45) is -1.02. The van der Waals surface area contributed by atoms with Gasteiger partial charge >= 0.3 is 6.09 Å². The molecule has 1 atom stereocenters. The Balaban J connectivity index is 2.05. The van der Waals surface area contributed by atoms with E-state index < -0.39 is 11.8 Å². The van der Waals surface area contributed by atoms with Gasteiger partial charge in [-0.1, -0.05) is 48.0 Å². The second kappa shape index (κ2) is 4.59. The lowest BCUT2D eigenvalue weighted by Crippen LogP contribution is -2.51. The minimum Gasteiger partial charge on any atom is -0.465 e. The van der Waals surface area contributed by atoms with Gasteiger partial charge in [-0.05, 0) is 13.0 Å². The number of hydrogen-bond acceptors (Lipinski definition) is 2. The van der Waals surface area contributed by atoms with Crippen LogP contribution in [0.25, 0.3) is 0 Å². The van der Waals surface area contributed by atoms with Gasteiger partial charge in [0.2, 0.25) is 0 Å². The maximum Gasteiger partial charge on any atom is 0.409 e. The molecule has 1 unspecified atom stereocenters. The highest BCUT2D eigenvalue weighted by atomic mass is 16.4. The Bertz CT molecular complexity index is 811. The molecule has 5 heteroatoms. The number of hydrogen-bond donors (Lipinski definition) is 1. The molecule has 2 amide bonds. The first-order valence-electron chi connectivity index (χ1n) is 7.56. The molecule has 5 nitrogen and oxygen atoms in total. The van der Waals surface area contributed by atoms with Gasteiger partial charge in [0.1, 0.15) is 0 Å². The highest BCUT2D eigenvalue weighted by molar-refractivity contribution is 6.01. The maximum absolute atomic E-state index is 12.8. The number of nitrogens with zero attached hydrogens (tertiary/aromatic N) is 2. The zero-order valence-corrected chi connectivity index (χ0v) is 12.7. The molecule has 0 saturated carbocycles. The monoisotopic (exact) mass is 308 g/mol. The topological polar surface area (TPSA) is 60.9 Å². The lowest BCUT2D eigenvalue weighted by Gasteiger charge is -2.39. The van der Waals surface area contributed by atoms with E-state index in [9.17, 15) is 14.7 Å². The lowest BCUT2D eigenvalue weighted by molar-refractivity contribution is 0.0463. The van der Waals surface area contributed by atoms with Gasteiger partial charge in [-0.2, -0.15) is 0 Å². The van der Waals surface area contributed by atoms with Gasteiger partial charge < -0.3 is 10.0 Å². The molecular weight excluding hydrogens is 292 g/mol. The van der Waals surface area contributed by atoms with Crippen LogP contribution in [0.3, 0.4) is 0 Å². The summed E-state index contributed by atoms with van der Waals surface area (Å²) in [6, 6.07) is 15.0. The van der Waals surface area contributed by atoms with Gasteiger partial charge in [-0.25, -0.2) is 4.79 Å². The second-order valence-electron chi connectivity index (χ2n) is 5.97. The Hall–Kier alpha value is -2.82. The van der Waals surface area contributed by atoms with Crippen molar-refractivity contribution >= 4 is 12.0 Å². The number of aryl methyl sites for hydroxylation is 1. The van der Waals surface area contributed by atoms with E-state index in [0.29, 0.717) is 18.7 Å². The molecule has 0 radical (unpaired) electrons. The molecular formula is C18H16N2O3. The molecule has 1 saturated heterocycles. The third-order valence-electron chi connectivity index (χ3n) is 4.79. The number of carbonyl (C=O) groups is 2. The van der Waals surface area contributed by atoms with E-state index in [2.05, 4.69) is 0 Å². The van der Waals surface area contributed by atoms with E-state index in [1.807, 2.05) is 49.4 Å². The largest absolute Gasteiger partial charge is 0.465 e. The van der Waals surface area contributed by atoms with Gasteiger partial charge in [0.05, 0.1) is 0 Å². The van der Waals surface area contributed by atoms with Crippen molar-refractivity contribution in [3.8, 4) is 0 Å². The van der Waals surface area contributed by atoms with Crippen molar-refractivity contribution in [2.24, 2.45) is 0 Å². The molecule has 2 aliphatic heterocycles. The first kappa shape index (κ1) is 13.8. The number of carboxylic acid groups (broad SMARTS) is 1. The number of fused-ring (bicyclic) bond motifs is 3. The Morgan fingerprint density at radius 3 is 2.48 bits per heavy atom. The number of carbonyl (C=O) groups excluding carboxylic acids is 1. The van der Waals surface area contributed by atoms with Crippen molar-refractivity contribution in [3.63, 3.8) is 0 Å². The fourth-order valence-electron chi connectivity index (χ4n) is 3.81. The Labute approximate surface area is 133 Å². The van der Waals surface area contributed by atoms with Crippen LogP contribution in [0, 0.1) is 6.92 Å². The molecule has 1 fully saturated rings. The summed E-state index contributed by atoms with van der Waals surface area (Å²) >= 11 is 0. The first-order chi connectivity index (χ1) is 11.1. The average molecular weight is 308 g/mol. The Kier molecular flexibility index (Phi) is 2.75. The van der Waals surface area contributed by atoms with E-state index in [1.165, 1.54) is 4.90 Å². The van der Waals surface area contributed by atoms with Crippen LogP contribution >= 0.6 is 0 Å². The van der Waals surface area contributed by atoms with E-state index in [4.69, 9.17) is 0 Å². The van der Waals surface area contributed by atoms with E-state index in [1.54, 1.807) is 11.0 Å². The van der Waals surface area contributed by atoms with Gasteiger partial charge in [-0.15, -0.1) is 0 Å². The third-order valence-corrected chi connectivity index (χ3v) is 4.79.